The standard InChI is InChI=1S/C12H14N2O2S/c1-6-4-9(7(2)13-6)12-10(5-11(15)16)17-8(3)14-12/h4,13H,5H2,1-3H3,(H,15,16). The first kappa shape index (κ1) is 11.9. The molecule has 0 bridgehead atoms. The lowest BCUT2D eigenvalue weighted by molar-refractivity contribution is -0.136. The molecule has 0 aliphatic rings. The van der Waals surface area contributed by atoms with Gasteiger partial charge < -0.3 is 10.1 Å². The molecule has 0 atom stereocenters. The fourth-order valence-electron chi connectivity index (χ4n) is 1.91. The fraction of sp³-hybridized carbons (Fsp3) is 0.333. The second kappa shape index (κ2) is 4.33. The molecular formula is C12H14N2O2S. The minimum Gasteiger partial charge on any atom is -0.481 e. The van der Waals surface area contributed by atoms with Gasteiger partial charge in [0.05, 0.1) is 17.1 Å². The number of aryl methyl sites for hydroxylation is 3. The normalized spacial score (nSPS) is 10.8. The zero-order valence-corrected chi connectivity index (χ0v) is 10.8. The van der Waals surface area contributed by atoms with Crippen molar-refractivity contribution in [2.45, 2.75) is 27.2 Å². The average molecular weight is 250 g/mol. The van der Waals surface area contributed by atoms with Crippen molar-refractivity contribution in [3.63, 3.8) is 0 Å². The number of carbonyl (C=O) groups is 1. The zero-order chi connectivity index (χ0) is 12.6. The van der Waals surface area contributed by atoms with Crippen molar-refractivity contribution >= 4 is 17.3 Å². The molecule has 0 aromatic carbocycles. The lowest BCUT2D eigenvalue weighted by atomic mass is 10.1. The molecule has 0 fully saturated rings. The van der Waals surface area contributed by atoms with E-state index in [0.717, 1.165) is 32.5 Å². The van der Waals surface area contributed by atoms with Crippen LogP contribution in [-0.4, -0.2) is 21.0 Å². The summed E-state index contributed by atoms with van der Waals surface area (Å²) in [6, 6.07) is 2.01. The Kier molecular flexibility index (Phi) is 3.02. The molecule has 2 aromatic heterocycles. The first-order valence-corrected chi connectivity index (χ1v) is 6.13. The maximum Gasteiger partial charge on any atom is 0.308 e. The van der Waals surface area contributed by atoms with Crippen LogP contribution in [0.3, 0.4) is 0 Å². The lowest BCUT2D eigenvalue weighted by Crippen LogP contribution is -1.99. The van der Waals surface area contributed by atoms with Gasteiger partial charge in [-0.1, -0.05) is 0 Å². The van der Waals surface area contributed by atoms with Gasteiger partial charge in [-0.3, -0.25) is 4.79 Å². The maximum absolute atomic E-state index is 10.8. The van der Waals surface area contributed by atoms with Crippen LogP contribution < -0.4 is 0 Å². The van der Waals surface area contributed by atoms with E-state index in [1.165, 1.54) is 11.3 Å². The number of nitrogens with one attached hydrogen (secondary N) is 1. The molecule has 0 radical (unpaired) electrons. The van der Waals surface area contributed by atoms with Gasteiger partial charge in [0.15, 0.2) is 0 Å². The summed E-state index contributed by atoms with van der Waals surface area (Å²) in [5.41, 5.74) is 3.89. The van der Waals surface area contributed by atoms with Gasteiger partial charge in [-0.15, -0.1) is 11.3 Å². The van der Waals surface area contributed by atoms with Gasteiger partial charge >= 0.3 is 5.97 Å². The Bertz CT molecular complexity index is 569. The van der Waals surface area contributed by atoms with Gasteiger partial charge in [-0.2, -0.15) is 0 Å². The van der Waals surface area contributed by atoms with Crippen molar-refractivity contribution in [1.29, 1.82) is 0 Å². The summed E-state index contributed by atoms with van der Waals surface area (Å²) in [7, 11) is 0. The highest BCUT2D eigenvalue weighted by Crippen LogP contribution is 2.31. The second-order valence-electron chi connectivity index (χ2n) is 4.07. The molecule has 0 saturated heterocycles. The smallest absolute Gasteiger partial charge is 0.308 e. The van der Waals surface area contributed by atoms with E-state index >= 15 is 0 Å². The number of aliphatic carboxylic acids is 1. The molecule has 0 saturated carbocycles. The second-order valence-corrected chi connectivity index (χ2v) is 5.35. The molecule has 17 heavy (non-hydrogen) atoms. The van der Waals surface area contributed by atoms with E-state index in [4.69, 9.17) is 5.11 Å². The highest BCUT2D eigenvalue weighted by molar-refractivity contribution is 7.12. The molecule has 0 amide bonds. The Labute approximate surface area is 103 Å². The molecule has 5 heteroatoms. The Morgan fingerprint density at radius 1 is 1.47 bits per heavy atom. The molecule has 0 aliphatic carbocycles. The van der Waals surface area contributed by atoms with Gasteiger partial charge in [-0.25, -0.2) is 4.98 Å². The highest BCUT2D eigenvalue weighted by atomic mass is 32.1. The first-order valence-electron chi connectivity index (χ1n) is 5.32. The summed E-state index contributed by atoms with van der Waals surface area (Å²) < 4.78 is 0. The van der Waals surface area contributed by atoms with Crippen molar-refractivity contribution in [1.82, 2.24) is 9.97 Å². The summed E-state index contributed by atoms with van der Waals surface area (Å²) in [5, 5.41) is 9.79. The maximum atomic E-state index is 10.8. The number of carboxylic acids is 1. The minimum absolute atomic E-state index is 0.0322. The fourth-order valence-corrected chi connectivity index (χ4v) is 2.85. The summed E-state index contributed by atoms with van der Waals surface area (Å²) in [5.74, 6) is -0.820. The van der Waals surface area contributed by atoms with E-state index in [1.807, 2.05) is 26.8 Å². The zero-order valence-electron chi connectivity index (χ0n) is 10.00. The van der Waals surface area contributed by atoms with Gasteiger partial charge in [0.1, 0.15) is 0 Å². The van der Waals surface area contributed by atoms with Crippen molar-refractivity contribution < 1.29 is 9.90 Å². The largest absolute Gasteiger partial charge is 0.481 e. The van der Waals surface area contributed by atoms with Crippen LogP contribution in [0.2, 0.25) is 0 Å². The molecule has 0 spiro atoms. The number of H-pyrrole nitrogens is 1. The van der Waals surface area contributed by atoms with E-state index in [2.05, 4.69) is 9.97 Å². The Morgan fingerprint density at radius 2 is 2.18 bits per heavy atom. The Morgan fingerprint density at radius 3 is 2.71 bits per heavy atom. The lowest BCUT2D eigenvalue weighted by Gasteiger charge is -1.98. The average Bonchev–Trinajstić information content (AvgIpc) is 2.69. The summed E-state index contributed by atoms with van der Waals surface area (Å²) >= 11 is 1.45. The molecule has 90 valence electrons. The van der Waals surface area contributed by atoms with E-state index in [0.29, 0.717) is 0 Å². The number of aromatic amines is 1. The monoisotopic (exact) mass is 250 g/mol. The van der Waals surface area contributed by atoms with Crippen LogP contribution in [0.15, 0.2) is 6.07 Å². The topological polar surface area (TPSA) is 66.0 Å². The number of hydrogen-bond donors (Lipinski definition) is 2. The van der Waals surface area contributed by atoms with Crippen LogP contribution in [0.4, 0.5) is 0 Å². The molecule has 2 aromatic rings. The summed E-state index contributed by atoms with van der Waals surface area (Å²) in [6.07, 6.45) is 0.0322. The van der Waals surface area contributed by atoms with Crippen LogP contribution in [0.25, 0.3) is 11.3 Å². The number of hydrogen-bond acceptors (Lipinski definition) is 3. The van der Waals surface area contributed by atoms with Crippen molar-refractivity contribution in [2.24, 2.45) is 0 Å². The van der Waals surface area contributed by atoms with E-state index < -0.39 is 5.97 Å². The van der Waals surface area contributed by atoms with Crippen molar-refractivity contribution in [2.75, 3.05) is 0 Å². The van der Waals surface area contributed by atoms with Crippen molar-refractivity contribution in [3.05, 3.63) is 27.3 Å². The third-order valence-corrected chi connectivity index (χ3v) is 3.49. The molecule has 2 rings (SSSR count). The van der Waals surface area contributed by atoms with Gasteiger partial charge in [0.25, 0.3) is 0 Å². The van der Waals surface area contributed by atoms with Gasteiger partial charge in [0.2, 0.25) is 0 Å². The predicted octanol–water partition coefficient (Wildman–Crippen LogP) is 2.69. The first-order chi connectivity index (χ1) is 7.97. The van der Waals surface area contributed by atoms with Crippen LogP contribution in [0.1, 0.15) is 21.3 Å². The van der Waals surface area contributed by atoms with E-state index in [-0.39, 0.29) is 6.42 Å². The highest BCUT2D eigenvalue weighted by Gasteiger charge is 2.16. The molecule has 2 N–H and O–H groups in total. The molecule has 4 nitrogen and oxygen atoms in total. The third kappa shape index (κ3) is 2.39. The molecule has 0 aliphatic heterocycles. The van der Waals surface area contributed by atoms with Crippen LogP contribution in [-0.2, 0) is 11.2 Å². The van der Waals surface area contributed by atoms with Gasteiger partial charge in [-0.05, 0) is 26.8 Å². The van der Waals surface area contributed by atoms with E-state index in [1.54, 1.807) is 0 Å². The molecular weight excluding hydrogens is 236 g/mol. The van der Waals surface area contributed by atoms with Crippen LogP contribution >= 0.6 is 11.3 Å². The number of thiazole rings is 1. The Balaban J connectivity index is 2.51. The number of aromatic nitrogens is 2. The van der Waals surface area contributed by atoms with Gasteiger partial charge in [0, 0.05) is 21.8 Å². The summed E-state index contributed by atoms with van der Waals surface area (Å²) in [4.78, 5) is 19.3. The predicted molar refractivity (Wildman–Crippen MR) is 67.5 cm³/mol. The van der Waals surface area contributed by atoms with E-state index in [9.17, 15) is 4.79 Å². The van der Waals surface area contributed by atoms with Crippen LogP contribution in [0, 0.1) is 20.8 Å². The quantitative estimate of drug-likeness (QED) is 0.880. The number of rotatable bonds is 3. The number of nitrogens with zero attached hydrogens (tertiary/aromatic N) is 1. The molecule has 2 heterocycles. The van der Waals surface area contributed by atoms with Crippen LogP contribution in [0.5, 0.6) is 0 Å². The van der Waals surface area contributed by atoms with Crippen molar-refractivity contribution in [3.8, 4) is 11.3 Å². The minimum atomic E-state index is -0.820. The molecule has 0 unspecified atom stereocenters. The SMILES string of the molecule is Cc1cc(-c2nc(C)sc2CC(=O)O)c(C)[nH]1. The summed E-state index contributed by atoms with van der Waals surface area (Å²) in [6.45, 7) is 5.85. The Hall–Kier alpha value is -1.62. The number of carboxylic acid groups (broad SMARTS) is 1. The third-order valence-electron chi connectivity index (χ3n) is 2.52.